The minimum Gasteiger partial charge on any atom is -0.304 e. The van der Waals surface area contributed by atoms with Crippen LogP contribution in [0.2, 0.25) is 0 Å². The Balaban J connectivity index is 1.90. The van der Waals surface area contributed by atoms with E-state index in [1.807, 2.05) is 61.5 Å². The molecule has 1 amide bonds. The third-order valence-corrected chi connectivity index (χ3v) is 5.26. The molecule has 28 heavy (non-hydrogen) atoms. The van der Waals surface area contributed by atoms with Gasteiger partial charge in [0, 0.05) is 17.5 Å². The van der Waals surface area contributed by atoms with Crippen LogP contribution in [-0.4, -0.2) is 20.6 Å². The molecule has 0 spiro atoms. The van der Waals surface area contributed by atoms with Crippen LogP contribution in [0.4, 0.5) is 5.69 Å². The molecule has 0 heterocycles. The Labute approximate surface area is 166 Å². The van der Waals surface area contributed by atoms with Crippen LogP contribution in [0.25, 0.3) is 0 Å². The van der Waals surface area contributed by atoms with Crippen molar-refractivity contribution in [3.8, 4) is 0 Å². The van der Waals surface area contributed by atoms with Crippen LogP contribution in [0.5, 0.6) is 0 Å². The third kappa shape index (κ3) is 5.30. The van der Waals surface area contributed by atoms with E-state index in [1.54, 1.807) is 29.2 Å². The minimum absolute atomic E-state index is 0.0346. The molecule has 0 aliphatic heterocycles. The van der Waals surface area contributed by atoms with Gasteiger partial charge in [-0.15, -0.1) is 0 Å². The first-order valence-electron chi connectivity index (χ1n) is 9.01. The number of amides is 1. The summed E-state index contributed by atoms with van der Waals surface area (Å²) in [5, 5.41) is 0. The predicted molar refractivity (Wildman–Crippen MR) is 113 cm³/mol. The molecule has 0 aromatic heterocycles. The smallest absolute Gasteiger partial charge is 0.258 e. The number of nitrogens with zero attached hydrogens (tertiary/aromatic N) is 1. The molecule has 0 radical (unpaired) electrons. The van der Waals surface area contributed by atoms with Gasteiger partial charge in [0.1, 0.15) is 0 Å². The van der Waals surface area contributed by atoms with Crippen LogP contribution in [0.3, 0.4) is 0 Å². The Bertz CT molecular complexity index is 1040. The van der Waals surface area contributed by atoms with Gasteiger partial charge in [0.25, 0.3) is 5.91 Å². The van der Waals surface area contributed by atoms with Crippen LogP contribution in [-0.2, 0) is 22.1 Å². The molecule has 144 valence electrons. The van der Waals surface area contributed by atoms with E-state index in [0.29, 0.717) is 17.7 Å². The van der Waals surface area contributed by atoms with Crippen molar-refractivity contribution in [3.63, 3.8) is 0 Å². The Hall–Kier alpha value is -2.92. The van der Waals surface area contributed by atoms with E-state index < -0.39 is 9.84 Å². The number of rotatable bonds is 6. The second-order valence-electron chi connectivity index (χ2n) is 6.98. The fourth-order valence-corrected chi connectivity index (χ4v) is 3.77. The summed E-state index contributed by atoms with van der Waals surface area (Å²) in [6, 6.07) is 24.4. The lowest BCUT2D eigenvalue weighted by atomic mass is 10.1. The van der Waals surface area contributed by atoms with Gasteiger partial charge in [-0.05, 0) is 42.3 Å². The number of carbonyl (C=O) groups is 1. The molecule has 0 fully saturated rings. The van der Waals surface area contributed by atoms with Crippen molar-refractivity contribution in [2.45, 2.75) is 19.2 Å². The predicted octanol–water partition coefficient (Wildman–Crippen LogP) is 4.39. The van der Waals surface area contributed by atoms with Gasteiger partial charge in [-0.1, -0.05) is 60.2 Å². The van der Waals surface area contributed by atoms with E-state index in [-0.39, 0.29) is 11.7 Å². The molecule has 4 nitrogen and oxygen atoms in total. The maximum atomic E-state index is 13.2. The summed E-state index contributed by atoms with van der Waals surface area (Å²) in [5.41, 5.74) is 4.17. The molecular formula is C23H23NO3S. The SMILES string of the molecule is Cc1ccc(N(Cc2ccccc2)C(=O)c2ccc(CS(C)(=O)=O)cc2)cc1. The van der Waals surface area contributed by atoms with Crippen LogP contribution < -0.4 is 4.90 Å². The highest BCUT2D eigenvalue weighted by atomic mass is 32.2. The molecule has 3 aromatic rings. The minimum atomic E-state index is -3.11. The zero-order valence-electron chi connectivity index (χ0n) is 16.0. The van der Waals surface area contributed by atoms with E-state index >= 15 is 0 Å². The second kappa shape index (κ2) is 8.40. The maximum Gasteiger partial charge on any atom is 0.258 e. The van der Waals surface area contributed by atoms with Crippen molar-refractivity contribution in [1.82, 2.24) is 0 Å². The Kier molecular flexibility index (Phi) is 5.95. The van der Waals surface area contributed by atoms with E-state index in [2.05, 4.69) is 0 Å². The van der Waals surface area contributed by atoms with Crippen molar-refractivity contribution in [2.24, 2.45) is 0 Å². The molecule has 0 saturated heterocycles. The summed E-state index contributed by atoms with van der Waals surface area (Å²) in [6.45, 7) is 2.46. The standard InChI is InChI=1S/C23H23NO3S/c1-18-8-14-22(15-9-18)24(16-19-6-4-3-5-7-19)23(25)21-12-10-20(11-13-21)17-28(2,26)27/h3-15H,16-17H2,1-2H3. The number of hydrogen-bond acceptors (Lipinski definition) is 3. The fraction of sp³-hybridized carbons (Fsp3) is 0.174. The first-order chi connectivity index (χ1) is 13.3. The van der Waals surface area contributed by atoms with Gasteiger partial charge in [-0.2, -0.15) is 0 Å². The van der Waals surface area contributed by atoms with Gasteiger partial charge >= 0.3 is 0 Å². The summed E-state index contributed by atoms with van der Waals surface area (Å²) >= 11 is 0. The molecule has 0 aliphatic carbocycles. The normalized spacial score (nSPS) is 11.2. The molecule has 0 N–H and O–H groups in total. The lowest BCUT2D eigenvalue weighted by Crippen LogP contribution is -2.30. The Morgan fingerprint density at radius 2 is 1.43 bits per heavy atom. The summed E-state index contributed by atoms with van der Waals surface area (Å²) in [5.74, 6) is -0.161. The highest BCUT2D eigenvalue weighted by Crippen LogP contribution is 2.21. The van der Waals surface area contributed by atoms with Gasteiger partial charge < -0.3 is 4.90 Å². The zero-order chi connectivity index (χ0) is 20.1. The second-order valence-corrected chi connectivity index (χ2v) is 9.12. The van der Waals surface area contributed by atoms with Crippen molar-refractivity contribution >= 4 is 21.4 Å². The van der Waals surface area contributed by atoms with Crippen molar-refractivity contribution in [1.29, 1.82) is 0 Å². The van der Waals surface area contributed by atoms with Gasteiger partial charge in [-0.25, -0.2) is 8.42 Å². The van der Waals surface area contributed by atoms with Gasteiger partial charge in [-0.3, -0.25) is 4.79 Å². The van der Waals surface area contributed by atoms with Crippen LogP contribution >= 0.6 is 0 Å². The summed E-state index contributed by atoms with van der Waals surface area (Å²) in [7, 11) is -3.11. The monoisotopic (exact) mass is 393 g/mol. The van der Waals surface area contributed by atoms with Crippen LogP contribution in [0.15, 0.2) is 78.9 Å². The van der Waals surface area contributed by atoms with Gasteiger partial charge in [0.15, 0.2) is 9.84 Å². The fourth-order valence-electron chi connectivity index (χ4n) is 2.97. The van der Waals surface area contributed by atoms with Gasteiger partial charge in [0.05, 0.1) is 12.3 Å². The first-order valence-corrected chi connectivity index (χ1v) is 11.1. The Morgan fingerprint density at radius 1 is 0.821 bits per heavy atom. The van der Waals surface area contributed by atoms with E-state index in [4.69, 9.17) is 0 Å². The third-order valence-electron chi connectivity index (χ3n) is 4.40. The first kappa shape index (κ1) is 19.8. The molecule has 0 atom stereocenters. The molecular weight excluding hydrogens is 370 g/mol. The number of benzene rings is 3. The van der Waals surface area contributed by atoms with Gasteiger partial charge in [0.2, 0.25) is 0 Å². The summed E-state index contributed by atoms with van der Waals surface area (Å²) in [6.07, 6.45) is 1.20. The van der Waals surface area contributed by atoms with Crippen molar-refractivity contribution < 1.29 is 13.2 Å². The number of sulfone groups is 1. The summed E-state index contributed by atoms with van der Waals surface area (Å²) < 4.78 is 22.9. The van der Waals surface area contributed by atoms with E-state index in [0.717, 1.165) is 16.8 Å². The van der Waals surface area contributed by atoms with Crippen molar-refractivity contribution in [3.05, 3.63) is 101 Å². The van der Waals surface area contributed by atoms with Crippen molar-refractivity contribution in [2.75, 3.05) is 11.2 Å². The molecule has 3 rings (SSSR count). The molecule has 0 aliphatic rings. The molecule has 0 bridgehead atoms. The molecule has 3 aromatic carbocycles. The molecule has 0 unspecified atom stereocenters. The average molecular weight is 394 g/mol. The molecule has 0 saturated carbocycles. The Morgan fingerprint density at radius 3 is 2.00 bits per heavy atom. The number of hydrogen-bond donors (Lipinski definition) is 0. The van der Waals surface area contributed by atoms with E-state index in [1.165, 1.54) is 6.26 Å². The number of aryl methyl sites for hydroxylation is 1. The lowest BCUT2D eigenvalue weighted by Gasteiger charge is -2.23. The maximum absolute atomic E-state index is 13.2. The highest BCUT2D eigenvalue weighted by Gasteiger charge is 2.18. The highest BCUT2D eigenvalue weighted by molar-refractivity contribution is 7.89. The number of anilines is 1. The zero-order valence-corrected chi connectivity index (χ0v) is 16.8. The molecule has 5 heteroatoms. The van der Waals surface area contributed by atoms with E-state index in [9.17, 15) is 13.2 Å². The van der Waals surface area contributed by atoms with Crippen LogP contribution in [0, 0.1) is 6.92 Å². The topological polar surface area (TPSA) is 54.5 Å². The summed E-state index contributed by atoms with van der Waals surface area (Å²) in [4.78, 5) is 15.0. The lowest BCUT2D eigenvalue weighted by molar-refractivity contribution is 0.0985. The average Bonchev–Trinajstić information content (AvgIpc) is 2.67. The quantitative estimate of drug-likeness (QED) is 0.624. The van der Waals surface area contributed by atoms with Crippen LogP contribution in [0.1, 0.15) is 27.0 Å². The number of carbonyl (C=O) groups excluding carboxylic acids is 1. The largest absolute Gasteiger partial charge is 0.304 e.